The van der Waals surface area contributed by atoms with Gasteiger partial charge in [0.05, 0.1) is 5.56 Å². The topological polar surface area (TPSA) is 33.5 Å². The number of carbonyl (C=O) groups excluding carboxylic acids is 1. The van der Waals surface area contributed by atoms with Gasteiger partial charge in [0.15, 0.2) is 5.78 Å². The first-order valence-corrected chi connectivity index (χ1v) is 13.4. The van der Waals surface area contributed by atoms with Crippen molar-refractivity contribution in [2.24, 2.45) is 0 Å². The van der Waals surface area contributed by atoms with E-state index in [4.69, 9.17) is 4.42 Å². The van der Waals surface area contributed by atoms with Crippen LogP contribution in [0.3, 0.4) is 0 Å². The van der Waals surface area contributed by atoms with Gasteiger partial charge in [-0.2, -0.15) is 0 Å². The number of hydrogen-bond donors (Lipinski definition) is 0. The molecule has 1 aromatic heterocycles. The fraction of sp³-hybridized carbons (Fsp3) is 0.423. The second kappa shape index (κ2) is 11.8. The first-order valence-electron chi connectivity index (χ1n) is 11.2. The van der Waals surface area contributed by atoms with Crippen LogP contribution in [0.25, 0.3) is 11.0 Å². The summed E-state index contributed by atoms with van der Waals surface area (Å²) in [7, 11) is 0. The highest BCUT2D eigenvalue weighted by Crippen LogP contribution is 2.31. The predicted octanol–water partition coefficient (Wildman–Crippen LogP) is 7.49. The van der Waals surface area contributed by atoms with Gasteiger partial charge in [0.2, 0.25) is 0 Å². The molecule has 0 spiro atoms. The summed E-state index contributed by atoms with van der Waals surface area (Å²) in [5, 5.41) is 0.923. The highest BCUT2D eigenvalue weighted by atomic mass is 127. The largest absolute Gasteiger partial charge is 0.460 e. The molecule has 2 aromatic carbocycles. The number of aryl methyl sites for hydroxylation is 1. The van der Waals surface area contributed by atoms with Crippen LogP contribution in [0.15, 0.2) is 40.8 Å². The molecule has 0 fully saturated rings. The molecule has 0 radical (unpaired) electrons. The molecule has 5 heteroatoms. The highest BCUT2D eigenvalue weighted by molar-refractivity contribution is 14.1. The quantitative estimate of drug-likeness (QED) is 0.161. The monoisotopic (exact) mass is 643 g/mol. The summed E-state index contributed by atoms with van der Waals surface area (Å²) in [5.74, 6) is 0.892. The average Bonchev–Trinajstić information content (AvgIpc) is 3.14. The zero-order valence-electron chi connectivity index (χ0n) is 18.6. The minimum atomic E-state index is 0.0709. The van der Waals surface area contributed by atoms with Crippen molar-refractivity contribution in [1.82, 2.24) is 4.90 Å². The van der Waals surface area contributed by atoms with Crippen LogP contribution in [0.1, 0.15) is 67.3 Å². The van der Waals surface area contributed by atoms with Crippen LogP contribution in [0.2, 0.25) is 0 Å². The average molecular weight is 643 g/mol. The maximum Gasteiger partial charge on any atom is 0.197 e. The minimum absolute atomic E-state index is 0.0709. The second-order valence-electron chi connectivity index (χ2n) is 7.88. The third-order valence-corrected chi connectivity index (χ3v) is 7.78. The molecule has 3 aromatic rings. The Balaban J connectivity index is 1.89. The molecule has 0 unspecified atom stereocenters. The third kappa shape index (κ3) is 5.90. The third-order valence-electron chi connectivity index (χ3n) is 5.85. The Morgan fingerprint density at radius 2 is 1.65 bits per heavy atom. The lowest BCUT2D eigenvalue weighted by molar-refractivity contribution is 0.103. The van der Waals surface area contributed by atoms with E-state index in [1.54, 1.807) is 0 Å². The fourth-order valence-electron chi connectivity index (χ4n) is 4.00. The molecule has 166 valence electrons. The van der Waals surface area contributed by atoms with E-state index in [-0.39, 0.29) is 5.78 Å². The van der Waals surface area contributed by atoms with E-state index in [9.17, 15) is 4.79 Å². The van der Waals surface area contributed by atoms with Crippen molar-refractivity contribution in [3.8, 4) is 0 Å². The predicted molar refractivity (Wildman–Crippen MR) is 146 cm³/mol. The molecule has 0 bridgehead atoms. The van der Waals surface area contributed by atoms with Gasteiger partial charge in [0.25, 0.3) is 0 Å². The number of para-hydroxylation sites is 1. The number of fused-ring (bicyclic) bond motifs is 1. The lowest BCUT2D eigenvalue weighted by Gasteiger charge is -2.18. The number of hydrogen-bond acceptors (Lipinski definition) is 3. The maximum atomic E-state index is 13.6. The number of ketones is 1. The molecule has 3 rings (SSSR count). The summed E-state index contributed by atoms with van der Waals surface area (Å²) in [6, 6.07) is 12.0. The van der Waals surface area contributed by atoms with Crippen molar-refractivity contribution < 1.29 is 9.21 Å². The van der Waals surface area contributed by atoms with Gasteiger partial charge >= 0.3 is 0 Å². The Bertz CT molecular complexity index is 1010. The van der Waals surface area contributed by atoms with Crippen molar-refractivity contribution in [1.29, 1.82) is 0 Å². The van der Waals surface area contributed by atoms with Gasteiger partial charge in [0, 0.05) is 24.5 Å². The fourth-order valence-corrected chi connectivity index (χ4v) is 6.30. The molecule has 0 atom stereocenters. The normalized spacial score (nSPS) is 11.5. The number of halogens is 2. The lowest BCUT2D eigenvalue weighted by atomic mass is 9.97. The number of benzene rings is 2. The van der Waals surface area contributed by atoms with Crippen LogP contribution in [0.4, 0.5) is 0 Å². The molecule has 0 saturated heterocycles. The first kappa shape index (κ1) is 24.7. The molecule has 1 heterocycles. The number of rotatable bonds is 11. The first-order chi connectivity index (χ1) is 15.0. The summed E-state index contributed by atoms with van der Waals surface area (Å²) in [5.41, 5.74) is 3.65. The zero-order chi connectivity index (χ0) is 22.4. The van der Waals surface area contributed by atoms with E-state index in [0.29, 0.717) is 0 Å². The molecule has 0 aliphatic heterocycles. The Morgan fingerprint density at radius 1 is 0.968 bits per heavy atom. The van der Waals surface area contributed by atoms with Crippen molar-refractivity contribution >= 4 is 61.9 Å². The number of nitrogens with zero attached hydrogens (tertiary/aromatic N) is 1. The number of furan rings is 1. The molecular formula is C26H31I2NO2. The van der Waals surface area contributed by atoms with Gasteiger partial charge in [-0.05, 0) is 108 Å². The van der Waals surface area contributed by atoms with Crippen LogP contribution in [0.5, 0.6) is 0 Å². The molecule has 0 N–H and O–H groups in total. The summed E-state index contributed by atoms with van der Waals surface area (Å²) in [6.45, 7) is 9.89. The van der Waals surface area contributed by atoms with Crippen LogP contribution in [0, 0.1) is 7.14 Å². The Labute approximate surface area is 213 Å². The summed E-state index contributed by atoms with van der Waals surface area (Å²) in [6.07, 6.45) is 5.06. The SMILES string of the molecule is CCCCc1oc2ccccc2c1C(=O)c1cc(I)c(CCCN(CC)CC)c(I)c1. The smallest absolute Gasteiger partial charge is 0.197 e. The Hall–Kier alpha value is -0.930. The van der Waals surface area contributed by atoms with Crippen molar-refractivity contribution in [2.75, 3.05) is 19.6 Å². The van der Waals surface area contributed by atoms with E-state index >= 15 is 0 Å². The second-order valence-corrected chi connectivity index (χ2v) is 10.2. The molecule has 3 nitrogen and oxygen atoms in total. The van der Waals surface area contributed by atoms with Crippen molar-refractivity contribution in [2.45, 2.75) is 52.9 Å². The van der Waals surface area contributed by atoms with E-state index in [1.165, 1.54) is 12.7 Å². The van der Waals surface area contributed by atoms with E-state index in [2.05, 4.69) is 83.0 Å². The summed E-state index contributed by atoms with van der Waals surface area (Å²) >= 11 is 4.79. The van der Waals surface area contributed by atoms with E-state index in [1.807, 2.05) is 24.3 Å². The van der Waals surface area contributed by atoms with Gasteiger partial charge in [0.1, 0.15) is 11.3 Å². The number of unbranched alkanes of at least 4 members (excludes halogenated alkanes) is 1. The summed E-state index contributed by atoms with van der Waals surface area (Å²) < 4.78 is 8.45. The molecule has 31 heavy (non-hydrogen) atoms. The maximum absolute atomic E-state index is 13.6. The standard InChI is InChI=1S/C26H31I2NO2/c1-4-7-13-24-25(20-11-8-9-14-23(20)31-24)26(30)18-16-21(27)19(22(28)17-18)12-10-15-29(5-2)6-3/h8-9,11,14,16-17H,4-7,10,12-13,15H2,1-3H3. The molecular weight excluding hydrogens is 612 g/mol. The minimum Gasteiger partial charge on any atom is -0.460 e. The van der Waals surface area contributed by atoms with Crippen molar-refractivity contribution in [3.63, 3.8) is 0 Å². The van der Waals surface area contributed by atoms with Crippen LogP contribution in [-0.2, 0) is 12.8 Å². The Morgan fingerprint density at radius 3 is 2.29 bits per heavy atom. The number of carbonyl (C=O) groups is 1. The van der Waals surface area contributed by atoms with Gasteiger partial charge in [-0.15, -0.1) is 0 Å². The lowest BCUT2D eigenvalue weighted by Crippen LogP contribution is -2.24. The zero-order valence-corrected chi connectivity index (χ0v) is 23.0. The Kier molecular flexibility index (Phi) is 9.40. The van der Waals surface area contributed by atoms with Gasteiger partial charge in [-0.25, -0.2) is 0 Å². The van der Waals surface area contributed by atoms with Gasteiger partial charge in [-0.1, -0.05) is 45.4 Å². The van der Waals surface area contributed by atoms with Crippen LogP contribution in [-0.4, -0.2) is 30.3 Å². The van der Waals surface area contributed by atoms with E-state index in [0.717, 1.165) is 79.6 Å². The highest BCUT2D eigenvalue weighted by Gasteiger charge is 2.23. The molecule has 0 aliphatic carbocycles. The van der Waals surface area contributed by atoms with Gasteiger partial charge in [-0.3, -0.25) is 4.79 Å². The molecule has 0 saturated carbocycles. The van der Waals surface area contributed by atoms with E-state index < -0.39 is 0 Å². The molecule has 0 amide bonds. The van der Waals surface area contributed by atoms with Crippen molar-refractivity contribution in [3.05, 3.63) is 66.0 Å². The van der Waals surface area contributed by atoms with Gasteiger partial charge < -0.3 is 9.32 Å². The molecule has 0 aliphatic rings. The van der Waals surface area contributed by atoms with Crippen LogP contribution >= 0.6 is 45.2 Å². The van der Waals surface area contributed by atoms with Crippen LogP contribution < -0.4 is 0 Å². The summed E-state index contributed by atoms with van der Waals surface area (Å²) in [4.78, 5) is 16.1.